The molecule has 0 aliphatic carbocycles. The van der Waals surface area contributed by atoms with Crippen LogP contribution >= 0.6 is 15.9 Å². The zero-order valence-corrected chi connectivity index (χ0v) is 19.0. The number of methoxy groups -OCH3 is 1. The van der Waals surface area contributed by atoms with Crippen molar-refractivity contribution >= 4 is 27.4 Å². The molecule has 31 heavy (non-hydrogen) atoms. The normalized spacial score (nSPS) is 11.1. The number of rotatable bonds is 10. The van der Waals surface area contributed by atoms with Crippen LogP contribution in [0.1, 0.15) is 25.7 Å². The second-order valence-electron chi connectivity index (χ2n) is 6.92. The minimum absolute atomic E-state index is 0.102. The van der Waals surface area contributed by atoms with E-state index in [2.05, 4.69) is 31.1 Å². The fourth-order valence-electron chi connectivity index (χ4n) is 3.11. The van der Waals surface area contributed by atoms with E-state index in [0.717, 1.165) is 22.9 Å². The maximum absolute atomic E-state index is 12.6. The predicted octanol–water partition coefficient (Wildman–Crippen LogP) is 2.38. The molecule has 2 aromatic heterocycles. The number of nitrogens with two attached hydrogens (primary N) is 1. The smallest absolute Gasteiger partial charge is 0.330 e. The van der Waals surface area contributed by atoms with Crippen LogP contribution in [0.4, 0.5) is 11.5 Å². The van der Waals surface area contributed by atoms with Crippen LogP contribution in [0.25, 0.3) is 11.5 Å². The molecule has 10 nitrogen and oxygen atoms in total. The first kappa shape index (κ1) is 22.8. The Kier molecular flexibility index (Phi) is 7.64. The van der Waals surface area contributed by atoms with Crippen molar-refractivity contribution in [1.29, 1.82) is 0 Å². The molecular weight excluding hydrogens is 468 g/mol. The van der Waals surface area contributed by atoms with Gasteiger partial charge in [-0.1, -0.05) is 35.3 Å². The lowest BCUT2D eigenvalue weighted by atomic mass is 10.2. The van der Waals surface area contributed by atoms with E-state index in [-0.39, 0.29) is 18.1 Å². The minimum atomic E-state index is -0.571. The second-order valence-corrected chi connectivity index (χ2v) is 7.84. The van der Waals surface area contributed by atoms with E-state index >= 15 is 0 Å². The Bertz CT molecular complexity index is 1140. The van der Waals surface area contributed by atoms with Crippen molar-refractivity contribution < 1.29 is 9.15 Å². The summed E-state index contributed by atoms with van der Waals surface area (Å²) in [5.74, 6) is 0.763. The zero-order valence-electron chi connectivity index (χ0n) is 17.4. The molecule has 3 aromatic rings. The number of nitrogens with one attached hydrogen (secondary N) is 1. The third-order valence-corrected chi connectivity index (χ3v) is 5.19. The lowest BCUT2D eigenvalue weighted by Gasteiger charge is -2.24. The zero-order chi connectivity index (χ0) is 22.4. The highest BCUT2D eigenvalue weighted by molar-refractivity contribution is 9.10. The monoisotopic (exact) mass is 492 g/mol. The number of benzene rings is 1. The van der Waals surface area contributed by atoms with Crippen molar-refractivity contribution in [3.8, 4) is 11.5 Å². The van der Waals surface area contributed by atoms with Gasteiger partial charge in [-0.3, -0.25) is 14.3 Å². The number of aromatic amines is 1. The molecule has 0 radical (unpaired) electrons. The Morgan fingerprint density at radius 1 is 1.32 bits per heavy atom. The molecule has 0 saturated heterocycles. The summed E-state index contributed by atoms with van der Waals surface area (Å²) in [6.07, 6.45) is 1.64. The summed E-state index contributed by atoms with van der Waals surface area (Å²) < 4.78 is 13.3. The van der Waals surface area contributed by atoms with E-state index in [1.807, 2.05) is 31.2 Å². The van der Waals surface area contributed by atoms with Crippen LogP contribution in [0.3, 0.4) is 0 Å². The molecule has 0 spiro atoms. The molecule has 0 fully saturated rings. The number of halogens is 1. The van der Waals surface area contributed by atoms with Crippen molar-refractivity contribution in [1.82, 2.24) is 19.7 Å². The first-order valence-electron chi connectivity index (χ1n) is 9.89. The van der Waals surface area contributed by atoms with Gasteiger partial charge in [0.1, 0.15) is 11.5 Å². The summed E-state index contributed by atoms with van der Waals surface area (Å²) in [5, 5.41) is 8.21. The Labute approximate surface area is 187 Å². The predicted molar refractivity (Wildman–Crippen MR) is 121 cm³/mol. The van der Waals surface area contributed by atoms with Crippen molar-refractivity contribution in [3.05, 3.63) is 55.5 Å². The van der Waals surface area contributed by atoms with E-state index in [4.69, 9.17) is 14.9 Å². The third kappa shape index (κ3) is 5.42. The quantitative estimate of drug-likeness (QED) is 0.440. The fourth-order valence-corrected chi connectivity index (χ4v) is 3.51. The van der Waals surface area contributed by atoms with Crippen LogP contribution in [0.15, 0.2) is 42.7 Å². The van der Waals surface area contributed by atoms with E-state index in [1.165, 1.54) is 4.57 Å². The lowest BCUT2D eigenvalue weighted by Crippen LogP contribution is -2.39. The van der Waals surface area contributed by atoms with Gasteiger partial charge in [-0.05, 0) is 24.6 Å². The number of ether oxygens (including phenoxy) is 1. The molecule has 3 N–H and O–H groups in total. The maximum Gasteiger partial charge on any atom is 0.330 e. The Morgan fingerprint density at radius 2 is 2.13 bits per heavy atom. The average Bonchev–Trinajstić information content (AvgIpc) is 3.20. The number of hydrogen-bond donors (Lipinski definition) is 2. The topological polar surface area (TPSA) is 132 Å². The van der Waals surface area contributed by atoms with E-state index in [0.29, 0.717) is 31.5 Å². The van der Waals surface area contributed by atoms with Crippen molar-refractivity contribution in [3.63, 3.8) is 0 Å². The number of hydrogen-bond acceptors (Lipinski definition) is 8. The third-order valence-electron chi connectivity index (χ3n) is 4.70. The molecule has 3 rings (SSSR count). The van der Waals surface area contributed by atoms with Gasteiger partial charge in [-0.15, -0.1) is 10.2 Å². The molecule has 1 aromatic carbocycles. The first-order chi connectivity index (χ1) is 14.9. The van der Waals surface area contributed by atoms with Gasteiger partial charge in [0, 0.05) is 30.2 Å². The first-order valence-corrected chi connectivity index (χ1v) is 10.7. The highest BCUT2D eigenvalue weighted by atomic mass is 79.9. The summed E-state index contributed by atoms with van der Waals surface area (Å²) in [6.45, 7) is 3.22. The summed E-state index contributed by atoms with van der Waals surface area (Å²) in [4.78, 5) is 28.9. The van der Waals surface area contributed by atoms with Crippen LogP contribution in [-0.2, 0) is 17.8 Å². The van der Waals surface area contributed by atoms with Crippen LogP contribution < -0.4 is 21.9 Å². The molecule has 0 atom stereocenters. The number of nitrogens with zero attached hydrogens (tertiary/aromatic N) is 4. The van der Waals surface area contributed by atoms with Gasteiger partial charge >= 0.3 is 5.69 Å². The van der Waals surface area contributed by atoms with Crippen LogP contribution in [0.2, 0.25) is 0 Å². The van der Waals surface area contributed by atoms with Gasteiger partial charge in [0.25, 0.3) is 5.56 Å². The SMILES string of the molecule is CCCCn1c(N)c(N(CCOC)Cc2nnc(-c3cccc(Br)c3)o2)c(=O)[nH]c1=O. The number of H-pyrrole nitrogens is 1. The standard InChI is InChI=1S/C20H25BrN6O4/c1-3-4-8-27-17(22)16(18(28)23-20(27)29)26(9-10-30-2)12-15-24-25-19(31-15)13-6-5-7-14(21)11-13/h5-7,11H,3-4,8-10,12,22H2,1-2H3,(H,23,28,29). The molecule has 0 bridgehead atoms. The summed E-state index contributed by atoms with van der Waals surface area (Å²) in [6, 6.07) is 7.49. The second kappa shape index (κ2) is 10.4. The Hall–Kier alpha value is -2.92. The highest BCUT2D eigenvalue weighted by Gasteiger charge is 2.21. The van der Waals surface area contributed by atoms with E-state index in [1.54, 1.807) is 12.0 Å². The molecule has 2 heterocycles. The van der Waals surface area contributed by atoms with Gasteiger partial charge in [0.05, 0.1) is 13.2 Å². The number of unbranched alkanes of at least 4 members (excludes halogenated alkanes) is 1. The Morgan fingerprint density at radius 3 is 2.84 bits per heavy atom. The van der Waals surface area contributed by atoms with Crippen LogP contribution in [-0.4, -0.2) is 40.0 Å². The van der Waals surface area contributed by atoms with E-state index < -0.39 is 11.2 Å². The average molecular weight is 493 g/mol. The van der Waals surface area contributed by atoms with E-state index in [9.17, 15) is 9.59 Å². The van der Waals surface area contributed by atoms with Gasteiger partial charge in [0.2, 0.25) is 11.8 Å². The number of nitrogen functional groups attached to an aromatic ring is 1. The molecule has 0 aliphatic rings. The van der Waals surface area contributed by atoms with Crippen molar-refractivity contribution in [2.75, 3.05) is 30.9 Å². The summed E-state index contributed by atoms with van der Waals surface area (Å²) >= 11 is 3.42. The summed E-state index contributed by atoms with van der Waals surface area (Å²) in [7, 11) is 1.56. The van der Waals surface area contributed by atoms with Crippen LogP contribution in [0.5, 0.6) is 0 Å². The van der Waals surface area contributed by atoms with Crippen LogP contribution in [0, 0.1) is 0 Å². The lowest BCUT2D eigenvalue weighted by molar-refractivity contribution is 0.204. The van der Waals surface area contributed by atoms with Crippen molar-refractivity contribution in [2.24, 2.45) is 0 Å². The molecule has 0 unspecified atom stereocenters. The minimum Gasteiger partial charge on any atom is -0.419 e. The van der Waals surface area contributed by atoms with Crippen molar-refractivity contribution in [2.45, 2.75) is 32.9 Å². The molecule has 166 valence electrons. The number of aromatic nitrogens is 4. The summed E-state index contributed by atoms with van der Waals surface area (Å²) in [5.41, 5.74) is 6.10. The van der Waals surface area contributed by atoms with Gasteiger partial charge < -0.3 is 19.8 Å². The molecule has 0 saturated carbocycles. The van der Waals surface area contributed by atoms with Gasteiger partial charge in [-0.25, -0.2) is 4.79 Å². The highest BCUT2D eigenvalue weighted by Crippen LogP contribution is 2.24. The largest absolute Gasteiger partial charge is 0.419 e. The van der Waals surface area contributed by atoms with Gasteiger partial charge in [0.15, 0.2) is 0 Å². The van der Waals surface area contributed by atoms with Gasteiger partial charge in [-0.2, -0.15) is 0 Å². The fraction of sp³-hybridized carbons (Fsp3) is 0.400. The Balaban J connectivity index is 1.95. The number of anilines is 2. The molecule has 0 amide bonds. The molecule has 11 heteroatoms. The molecular formula is C20H25BrN6O4. The maximum atomic E-state index is 12.6. The molecule has 0 aliphatic heterocycles.